The number of rotatable bonds is 6. The highest BCUT2D eigenvalue weighted by molar-refractivity contribution is 5.79. The molecule has 0 atom stereocenters. The first kappa shape index (κ1) is 13.1. The van der Waals surface area contributed by atoms with E-state index >= 15 is 0 Å². The molecule has 3 nitrogen and oxygen atoms in total. The molecule has 3 heteroatoms. The van der Waals surface area contributed by atoms with Crippen LogP contribution in [0.2, 0.25) is 0 Å². The molecule has 0 radical (unpaired) electrons. The summed E-state index contributed by atoms with van der Waals surface area (Å²) in [5.74, 6) is 0.844. The highest BCUT2D eigenvalue weighted by atomic mass is 16.6. The van der Waals surface area contributed by atoms with E-state index in [4.69, 9.17) is 4.74 Å². The van der Waals surface area contributed by atoms with Gasteiger partial charge in [-0.1, -0.05) is 47.6 Å². The van der Waals surface area contributed by atoms with Crippen LogP contribution in [0, 0.1) is 0 Å². The third-order valence-electron chi connectivity index (χ3n) is 2.67. The molecule has 0 unspecified atom stereocenters. The van der Waals surface area contributed by atoms with Gasteiger partial charge in [-0.2, -0.15) is 0 Å². The molecule has 0 aliphatic heterocycles. The first-order valence-electron chi connectivity index (χ1n) is 6.22. The standard InChI is InChI=1S/C16H17NO2/c1-18-17-13-15-8-5-9-16(12-15)19-11-10-14-6-3-2-4-7-14/h2-9,12-13H,10-11H2,1H3/b17-13+. The maximum atomic E-state index is 5.73. The Hall–Kier alpha value is -2.29. The quantitative estimate of drug-likeness (QED) is 0.586. The molecule has 0 aliphatic carbocycles. The second kappa shape index (κ2) is 7.21. The number of hydrogen-bond acceptors (Lipinski definition) is 3. The van der Waals surface area contributed by atoms with Crippen LogP contribution >= 0.6 is 0 Å². The van der Waals surface area contributed by atoms with Crippen molar-refractivity contribution in [2.75, 3.05) is 13.7 Å². The van der Waals surface area contributed by atoms with Crippen LogP contribution in [0.25, 0.3) is 0 Å². The maximum absolute atomic E-state index is 5.73. The van der Waals surface area contributed by atoms with Crippen molar-refractivity contribution in [2.24, 2.45) is 5.16 Å². The summed E-state index contributed by atoms with van der Waals surface area (Å²) in [6.07, 6.45) is 2.56. The van der Waals surface area contributed by atoms with Crippen LogP contribution in [0.3, 0.4) is 0 Å². The number of nitrogens with zero attached hydrogens (tertiary/aromatic N) is 1. The summed E-state index contributed by atoms with van der Waals surface area (Å²) < 4.78 is 5.73. The second-order valence-corrected chi connectivity index (χ2v) is 4.07. The molecule has 0 saturated heterocycles. The van der Waals surface area contributed by atoms with Gasteiger partial charge in [0.05, 0.1) is 12.8 Å². The van der Waals surface area contributed by atoms with Gasteiger partial charge in [-0.3, -0.25) is 0 Å². The average Bonchev–Trinajstić information content (AvgIpc) is 2.47. The predicted octanol–water partition coefficient (Wildman–Crippen LogP) is 3.29. The normalized spacial score (nSPS) is 10.6. The molecule has 0 N–H and O–H groups in total. The lowest BCUT2D eigenvalue weighted by molar-refractivity contribution is 0.215. The van der Waals surface area contributed by atoms with Crippen molar-refractivity contribution >= 4 is 6.21 Å². The molecule has 0 aromatic heterocycles. The number of oxime groups is 1. The highest BCUT2D eigenvalue weighted by Gasteiger charge is 1.96. The SMILES string of the molecule is CO/N=C/c1cccc(OCCc2ccccc2)c1. The highest BCUT2D eigenvalue weighted by Crippen LogP contribution is 2.12. The van der Waals surface area contributed by atoms with Crippen LogP contribution < -0.4 is 4.74 Å². The minimum absolute atomic E-state index is 0.662. The lowest BCUT2D eigenvalue weighted by atomic mass is 10.2. The Morgan fingerprint density at radius 1 is 1.05 bits per heavy atom. The van der Waals surface area contributed by atoms with Crippen molar-refractivity contribution in [1.29, 1.82) is 0 Å². The molecule has 0 fully saturated rings. The molecule has 0 saturated carbocycles. The van der Waals surface area contributed by atoms with E-state index in [0.29, 0.717) is 6.61 Å². The van der Waals surface area contributed by atoms with Gasteiger partial charge in [-0.05, 0) is 23.3 Å². The van der Waals surface area contributed by atoms with Crippen molar-refractivity contribution in [3.05, 3.63) is 65.7 Å². The first-order valence-corrected chi connectivity index (χ1v) is 6.22. The molecule has 0 amide bonds. The van der Waals surface area contributed by atoms with Crippen molar-refractivity contribution in [1.82, 2.24) is 0 Å². The molecule has 0 bridgehead atoms. The van der Waals surface area contributed by atoms with E-state index in [1.807, 2.05) is 42.5 Å². The van der Waals surface area contributed by atoms with Crippen LogP contribution in [0.4, 0.5) is 0 Å². The third-order valence-corrected chi connectivity index (χ3v) is 2.67. The van der Waals surface area contributed by atoms with Gasteiger partial charge in [0.1, 0.15) is 12.9 Å². The van der Waals surface area contributed by atoms with Gasteiger partial charge in [-0.25, -0.2) is 0 Å². The summed E-state index contributed by atoms with van der Waals surface area (Å²) in [4.78, 5) is 4.65. The topological polar surface area (TPSA) is 30.8 Å². The van der Waals surface area contributed by atoms with Gasteiger partial charge in [0.25, 0.3) is 0 Å². The predicted molar refractivity (Wildman–Crippen MR) is 76.7 cm³/mol. The summed E-state index contributed by atoms with van der Waals surface area (Å²) in [5, 5.41) is 3.73. The Labute approximate surface area is 113 Å². The lowest BCUT2D eigenvalue weighted by Gasteiger charge is -2.06. The molecule has 0 heterocycles. The van der Waals surface area contributed by atoms with E-state index in [2.05, 4.69) is 22.1 Å². The van der Waals surface area contributed by atoms with Gasteiger partial charge < -0.3 is 9.57 Å². The van der Waals surface area contributed by atoms with Crippen LogP contribution in [0.1, 0.15) is 11.1 Å². The number of ether oxygens (including phenoxy) is 1. The number of hydrogen-bond donors (Lipinski definition) is 0. The first-order chi connectivity index (χ1) is 9.38. The number of benzene rings is 2. The Balaban J connectivity index is 1.87. The van der Waals surface area contributed by atoms with E-state index in [9.17, 15) is 0 Å². The van der Waals surface area contributed by atoms with Crippen LogP contribution in [-0.2, 0) is 11.3 Å². The minimum atomic E-state index is 0.662. The molecule has 2 rings (SSSR count). The van der Waals surface area contributed by atoms with Crippen molar-refractivity contribution in [3.63, 3.8) is 0 Å². The van der Waals surface area contributed by atoms with Gasteiger partial charge in [0.15, 0.2) is 0 Å². The molecule has 0 aliphatic rings. The van der Waals surface area contributed by atoms with Crippen LogP contribution in [0.5, 0.6) is 5.75 Å². The third kappa shape index (κ3) is 4.47. The van der Waals surface area contributed by atoms with Crippen molar-refractivity contribution < 1.29 is 9.57 Å². The van der Waals surface area contributed by atoms with Gasteiger partial charge in [0, 0.05) is 6.42 Å². The van der Waals surface area contributed by atoms with Crippen LogP contribution in [-0.4, -0.2) is 19.9 Å². The van der Waals surface area contributed by atoms with Crippen molar-refractivity contribution in [2.45, 2.75) is 6.42 Å². The van der Waals surface area contributed by atoms with E-state index in [0.717, 1.165) is 17.7 Å². The molecule has 0 spiro atoms. The smallest absolute Gasteiger partial charge is 0.119 e. The molecule has 2 aromatic carbocycles. The summed E-state index contributed by atoms with van der Waals surface area (Å²) in [6, 6.07) is 18.1. The molecule has 19 heavy (non-hydrogen) atoms. The molecular weight excluding hydrogens is 238 g/mol. The average molecular weight is 255 g/mol. The summed E-state index contributed by atoms with van der Waals surface area (Å²) in [6.45, 7) is 0.662. The van der Waals surface area contributed by atoms with Gasteiger partial charge in [-0.15, -0.1) is 0 Å². The summed E-state index contributed by atoms with van der Waals surface area (Å²) in [5.41, 5.74) is 2.23. The summed E-state index contributed by atoms with van der Waals surface area (Å²) >= 11 is 0. The van der Waals surface area contributed by atoms with Gasteiger partial charge >= 0.3 is 0 Å². The zero-order valence-electron chi connectivity index (χ0n) is 11.0. The monoisotopic (exact) mass is 255 g/mol. The van der Waals surface area contributed by atoms with Crippen molar-refractivity contribution in [3.8, 4) is 5.75 Å². The van der Waals surface area contributed by atoms with E-state index in [1.54, 1.807) is 6.21 Å². The largest absolute Gasteiger partial charge is 0.493 e. The maximum Gasteiger partial charge on any atom is 0.119 e. The summed E-state index contributed by atoms with van der Waals surface area (Å²) in [7, 11) is 1.52. The Bertz CT molecular complexity index is 523. The van der Waals surface area contributed by atoms with Gasteiger partial charge in [0.2, 0.25) is 0 Å². The lowest BCUT2D eigenvalue weighted by Crippen LogP contribution is -2.01. The molecule has 98 valence electrons. The Morgan fingerprint density at radius 2 is 1.89 bits per heavy atom. The fourth-order valence-electron chi connectivity index (χ4n) is 1.73. The zero-order chi connectivity index (χ0) is 13.3. The Morgan fingerprint density at radius 3 is 2.68 bits per heavy atom. The van der Waals surface area contributed by atoms with E-state index in [1.165, 1.54) is 12.7 Å². The van der Waals surface area contributed by atoms with E-state index in [-0.39, 0.29) is 0 Å². The molecular formula is C16H17NO2. The fourth-order valence-corrected chi connectivity index (χ4v) is 1.73. The minimum Gasteiger partial charge on any atom is -0.493 e. The van der Waals surface area contributed by atoms with Crippen LogP contribution in [0.15, 0.2) is 59.8 Å². The fraction of sp³-hybridized carbons (Fsp3) is 0.188. The Kier molecular flexibility index (Phi) is 4.99. The zero-order valence-corrected chi connectivity index (χ0v) is 11.0. The second-order valence-electron chi connectivity index (χ2n) is 4.07. The van der Waals surface area contributed by atoms with E-state index < -0.39 is 0 Å². The molecule has 2 aromatic rings.